The summed E-state index contributed by atoms with van der Waals surface area (Å²) in [6, 6.07) is 13.3. The average molecular weight is 331 g/mol. The molecule has 0 saturated carbocycles. The molecule has 4 aromatic rings. The van der Waals surface area contributed by atoms with Crippen molar-refractivity contribution in [2.24, 2.45) is 0 Å². The molecule has 0 aliphatic rings. The number of aromatic nitrogens is 4. The average Bonchev–Trinajstić information content (AvgIpc) is 3.30. The van der Waals surface area contributed by atoms with Crippen LogP contribution in [0.4, 0.5) is 0 Å². The highest BCUT2D eigenvalue weighted by molar-refractivity contribution is 5.94. The number of amides is 1. The highest BCUT2D eigenvalue weighted by atomic mass is 16.1. The first-order valence-corrected chi connectivity index (χ1v) is 8.02. The van der Waals surface area contributed by atoms with Crippen molar-refractivity contribution in [2.75, 3.05) is 0 Å². The van der Waals surface area contributed by atoms with Crippen LogP contribution < -0.4 is 5.32 Å². The van der Waals surface area contributed by atoms with Crippen LogP contribution in [0.5, 0.6) is 0 Å². The van der Waals surface area contributed by atoms with Crippen LogP contribution in [0.15, 0.2) is 61.1 Å². The summed E-state index contributed by atoms with van der Waals surface area (Å²) < 4.78 is 2.00. The second kappa shape index (κ2) is 6.24. The van der Waals surface area contributed by atoms with Gasteiger partial charge in [0.2, 0.25) is 0 Å². The highest BCUT2D eigenvalue weighted by Gasteiger charge is 2.09. The van der Waals surface area contributed by atoms with E-state index in [1.165, 1.54) is 0 Å². The van der Waals surface area contributed by atoms with Gasteiger partial charge in [-0.15, -0.1) is 0 Å². The lowest BCUT2D eigenvalue weighted by atomic mass is 10.1. The maximum absolute atomic E-state index is 12.4. The maximum Gasteiger partial charge on any atom is 0.251 e. The van der Waals surface area contributed by atoms with Gasteiger partial charge in [-0.3, -0.25) is 9.89 Å². The smallest absolute Gasteiger partial charge is 0.251 e. The molecular formula is C19H17N5O. The number of pyridine rings is 1. The Kier molecular flexibility index (Phi) is 3.78. The predicted molar refractivity (Wildman–Crippen MR) is 95.1 cm³/mol. The molecule has 25 heavy (non-hydrogen) atoms. The van der Waals surface area contributed by atoms with E-state index in [0.29, 0.717) is 12.1 Å². The minimum Gasteiger partial charge on any atom is -0.346 e. The first-order valence-electron chi connectivity index (χ1n) is 8.02. The molecule has 1 aromatic carbocycles. The van der Waals surface area contributed by atoms with Crippen molar-refractivity contribution in [2.45, 2.75) is 13.5 Å². The molecule has 0 aliphatic heterocycles. The Bertz CT molecular complexity index is 1020. The van der Waals surface area contributed by atoms with Gasteiger partial charge in [0.25, 0.3) is 5.91 Å². The lowest BCUT2D eigenvalue weighted by molar-refractivity contribution is 0.0950. The van der Waals surface area contributed by atoms with Crippen LogP contribution in [0.25, 0.3) is 16.9 Å². The van der Waals surface area contributed by atoms with Gasteiger partial charge in [0.1, 0.15) is 5.65 Å². The topological polar surface area (TPSA) is 75.1 Å². The Morgan fingerprint density at radius 1 is 1.20 bits per heavy atom. The van der Waals surface area contributed by atoms with E-state index < -0.39 is 0 Å². The summed E-state index contributed by atoms with van der Waals surface area (Å²) in [6.45, 7) is 2.44. The number of hydrogen-bond donors (Lipinski definition) is 2. The van der Waals surface area contributed by atoms with Crippen molar-refractivity contribution >= 4 is 11.6 Å². The fourth-order valence-corrected chi connectivity index (χ4v) is 2.82. The number of rotatable bonds is 4. The number of aromatic amines is 1. The van der Waals surface area contributed by atoms with Gasteiger partial charge >= 0.3 is 0 Å². The van der Waals surface area contributed by atoms with Crippen molar-refractivity contribution in [1.29, 1.82) is 0 Å². The van der Waals surface area contributed by atoms with Gasteiger partial charge in [-0.1, -0.05) is 18.2 Å². The lowest BCUT2D eigenvalue weighted by Crippen LogP contribution is -2.23. The summed E-state index contributed by atoms with van der Waals surface area (Å²) in [6.07, 6.45) is 5.45. The van der Waals surface area contributed by atoms with Crippen LogP contribution in [0.2, 0.25) is 0 Å². The van der Waals surface area contributed by atoms with Crippen LogP contribution in [0, 0.1) is 6.92 Å². The van der Waals surface area contributed by atoms with Crippen LogP contribution in [-0.4, -0.2) is 25.5 Å². The van der Waals surface area contributed by atoms with E-state index in [0.717, 1.165) is 28.2 Å². The Hall–Kier alpha value is -3.41. The van der Waals surface area contributed by atoms with E-state index in [-0.39, 0.29) is 5.91 Å². The number of nitrogens with one attached hydrogen (secondary N) is 2. The number of carbonyl (C=O) groups is 1. The number of carbonyl (C=O) groups excluding carboxylic acids is 1. The number of imidazole rings is 1. The number of aryl methyl sites for hydroxylation is 1. The van der Waals surface area contributed by atoms with Crippen molar-refractivity contribution in [1.82, 2.24) is 24.9 Å². The van der Waals surface area contributed by atoms with E-state index in [1.54, 1.807) is 12.4 Å². The van der Waals surface area contributed by atoms with Gasteiger partial charge in [0, 0.05) is 18.0 Å². The third kappa shape index (κ3) is 2.89. The quantitative estimate of drug-likeness (QED) is 0.604. The summed E-state index contributed by atoms with van der Waals surface area (Å²) in [7, 11) is 0. The summed E-state index contributed by atoms with van der Waals surface area (Å²) >= 11 is 0. The lowest BCUT2D eigenvalue weighted by Gasteiger charge is -2.06. The highest BCUT2D eigenvalue weighted by Crippen LogP contribution is 2.17. The van der Waals surface area contributed by atoms with Crippen LogP contribution in [-0.2, 0) is 6.54 Å². The van der Waals surface area contributed by atoms with Crippen molar-refractivity contribution in [3.63, 3.8) is 0 Å². The molecule has 0 bridgehead atoms. The molecule has 0 spiro atoms. The second-order valence-corrected chi connectivity index (χ2v) is 5.86. The van der Waals surface area contributed by atoms with E-state index >= 15 is 0 Å². The van der Waals surface area contributed by atoms with Crippen LogP contribution in [0.1, 0.15) is 21.6 Å². The number of fused-ring (bicyclic) bond motifs is 1. The molecular weight excluding hydrogens is 314 g/mol. The monoisotopic (exact) mass is 331 g/mol. The van der Waals surface area contributed by atoms with Gasteiger partial charge in [0.15, 0.2) is 0 Å². The molecule has 2 N–H and O–H groups in total. The zero-order chi connectivity index (χ0) is 17.2. The molecule has 3 heterocycles. The van der Waals surface area contributed by atoms with Crippen LogP contribution in [0.3, 0.4) is 0 Å². The number of hydrogen-bond acceptors (Lipinski definition) is 3. The summed E-state index contributed by atoms with van der Waals surface area (Å²) in [5.41, 5.74) is 5.50. The van der Waals surface area contributed by atoms with Gasteiger partial charge < -0.3 is 9.72 Å². The molecule has 6 nitrogen and oxygen atoms in total. The molecule has 0 atom stereocenters. The molecule has 1 amide bonds. The fraction of sp³-hybridized carbons (Fsp3) is 0.105. The first kappa shape index (κ1) is 15.1. The molecule has 0 unspecified atom stereocenters. The third-order valence-electron chi connectivity index (χ3n) is 4.20. The van der Waals surface area contributed by atoms with Gasteiger partial charge in [0.05, 0.1) is 24.1 Å². The first-order chi connectivity index (χ1) is 12.2. The molecule has 0 saturated heterocycles. The van der Waals surface area contributed by atoms with Crippen molar-refractivity contribution in [3.8, 4) is 11.3 Å². The Balaban J connectivity index is 1.47. The molecule has 3 aromatic heterocycles. The predicted octanol–water partition coefficient (Wildman–Crippen LogP) is 2.96. The Morgan fingerprint density at radius 3 is 2.80 bits per heavy atom. The van der Waals surface area contributed by atoms with E-state index in [4.69, 9.17) is 0 Å². The number of nitrogens with zero attached hydrogens (tertiary/aromatic N) is 3. The largest absolute Gasteiger partial charge is 0.346 e. The van der Waals surface area contributed by atoms with Gasteiger partial charge in [-0.2, -0.15) is 5.10 Å². The molecule has 124 valence electrons. The second-order valence-electron chi connectivity index (χ2n) is 5.86. The third-order valence-corrected chi connectivity index (χ3v) is 4.20. The molecule has 0 fully saturated rings. The van der Waals surface area contributed by atoms with Crippen molar-refractivity contribution in [3.05, 3.63) is 77.9 Å². The van der Waals surface area contributed by atoms with Gasteiger partial charge in [-0.25, -0.2) is 4.98 Å². The Labute approximate surface area is 144 Å². The van der Waals surface area contributed by atoms with E-state index in [9.17, 15) is 4.79 Å². The minimum absolute atomic E-state index is 0.112. The standard InChI is InChI=1S/C19H17N5O/c1-13-3-2-10-24-16(11-20-18(13)24)12-21-19(25)15-6-4-14(5-7-15)17-8-9-22-23-17/h2-11H,12H2,1H3,(H,21,25)(H,22,23). The summed E-state index contributed by atoms with van der Waals surface area (Å²) in [5.74, 6) is -0.112. The van der Waals surface area contributed by atoms with Crippen molar-refractivity contribution < 1.29 is 4.79 Å². The molecule has 0 aliphatic carbocycles. The minimum atomic E-state index is -0.112. The summed E-state index contributed by atoms with van der Waals surface area (Å²) in [4.78, 5) is 16.8. The molecule has 4 rings (SSSR count). The molecule has 6 heteroatoms. The summed E-state index contributed by atoms with van der Waals surface area (Å²) in [5, 5.41) is 9.79. The van der Waals surface area contributed by atoms with Gasteiger partial charge in [-0.05, 0) is 42.3 Å². The number of benzene rings is 1. The van der Waals surface area contributed by atoms with Crippen LogP contribution >= 0.6 is 0 Å². The number of H-pyrrole nitrogens is 1. The SMILES string of the molecule is Cc1cccn2c(CNC(=O)c3ccc(-c4ccn[nH]4)cc3)cnc12. The van der Waals surface area contributed by atoms with E-state index in [2.05, 4.69) is 20.5 Å². The fourth-order valence-electron chi connectivity index (χ4n) is 2.82. The molecule has 0 radical (unpaired) electrons. The normalized spacial score (nSPS) is 10.9. The zero-order valence-electron chi connectivity index (χ0n) is 13.7. The van der Waals surface area contributed by atoms with E-state index in [1.807, 2.05) is 60.0 Å². The zero-order valence-corrected chi connectivity index (χ0v) is 13.7. The maximum atomic E-state index is 12.4. The Morgan fingerprint density at radius 2 is 2.04 bits per heavy atom.